The zero-order chi connectivity index (χ0) is 10.4. The number of nitrogens with zero attached hydrogens (tertiary/aromatic N) is 1. The van der Waals surface area contributed by atoms with E-state index in [9.17, 15) is 8.42 Å². The Morgan fingerprint density at radius 2 is 2.00 bits per heavy atom. The summed E-state index contributed by atoms with van der Waals surface area (Å²) in [6, 6.07) is 0. The minimum absolute atomic E-state index is 0.295. The third kappa shape index (κ3) is 4.21. The Morgan fingerprint density at radius 1 is 1.21 bits per heavy atom. The second-order valence-electron chi connectivity index (χ2n) is 3.51. The molecule has 14 heavy (non-hydrogen) atoms. The second-order valence-corrected chi connectivity index (χ2v) is 5.82. The van der Waals surface area contributed by atoms with E-state index >= 15 is 0 Å². The fourth-order valence-corrected chi connectivity index (χ4v) is 2.80. The molecule has 0 spiro atoms. The van der Waals surface area contributed by atoms with Crippen molar-refractivity contribution in [3.05, 3.63) is 12.2 Å². The van der Waals surface area contributed by atoms with Gasteiger partial charge in [-0.05, 0) is 13.0 Å². The highest BCUT2D eigenvalue weighted by atomic mass is 32.2. The molecule has 1 aliphatic heterocycles. The van der Waals surface area contributed by atoms with Crippen molar-refractivity contribution < 1.29 is 8.42 Å². The molecule has 4 nitrogen and oxygen atoms in total. The van der Waals surface area contributed by atoms with Crippen LogP contribution in [0.15, 0.2) is 12.2 Å². The SMILES string of the molecule is NC/C=C/CN1CCCS(=O)(=O)CC1. The number of rotatable bonds is 3. The number of nitrogens with two attached hydrogens (primary N) is 1. The number of hydrogen-bond donors (Lipinski definition) is 1. The van der Waals surface area contributed by atoms with Crippen molar-refractivity contribution in [1.82, 2.24) is 4.90 Å². The number of sulfone groups is 1. The van der Waals surface area contributed by atoms with Gasteiger partial charge < -0.3 is 5.73 Å². The van der Waals surface area contributed by atoms with Crippen molar-refractivity contribution in [3.8, 4) is 0 Å². The van der Waals surface area contributed by atoms with Crippen molar-refractivity contribution in [1.29, 1.82) is 0 Å². The van der Waals surface area contributed by atoms with Crippen LogP contribution in [-0.4, -0.2) is 51.0 Å². The van der Waals surface area contributed by atoms with Gasteiger partial charge in [-0.1, -0.05) is 12.2 Å². The summed E-state index contributed by atoms with van der Waals surface area (Å²) in [7, 11) is -2.77. The van der Waals surface area contributed by atoms with E-state index in [2.05, 4.69) is 4.90 Å². The summed E-state index contributed by atoms with van der Waals surface area (Å²) in [6.07, 6.45) is 4.65. The van der Waals surface area contributed by atoms with E-state index in [0.29, 0.717) is 24.6 Å². The molecule has 1 heterocycles. The average molecular weight is 218 g/mol. The molecule has 1 aliphatic rings. The fourth-order valence-electron chi connectivity index (χ4n) is 1.49. The molecule has 1 rings (SSSR count). The molecule has 0 unspecified atom stereocenters. The van der Waals surface area contributed by atoms with Crippen LogP contribution in [0.2, 0.25) is 0 Å². The molecule has 0 aromatic carbocycles. The quantitative estimate of drug-likeness (QED) is 0.656. The van der Waals surface area contributed by atoms with E-state index < -0.39 is 9.84 Å². The molecular formula is C9H18N2O2S. The zero-order valence-electron chi connectivity index (χ0n) is 8.35. The molecule has 1 saturated heterocycles. The Morgan fingerprint density at radius 3 is 2.71 bits per heavy atom. The molecule has 1 fully saturated rings. The summed E-state index contributed by atoms with van der Waals surface area (Å²) in [6.45, 7) is 2.88. The Balaban J connectivity index is 2.39. The third-order valence-electron chi connectivity index (χ3n) is 2.31. The summed E-state index contributed by atoms with van der Waals surface area (Å²) < 4.78 is 22.6. The Bertz CT molecular complexity index is 285. The van der Waals surface area contributed by atoms with Gasteiger partial charge in [-0.3, -0.25) is 4.90 Å². The molecule has 0 aromatic heterocycles. The second kappa shape index (κ2) is 5.48. The maximum atomic E-state index is 11.3. The molecule has 0 amide bonds. The smallest absolute Gasteiger partial charge is 0.151 e. The molecular weight excluding hydrogens is 200 g/mol. The van der Waals surface area contributed by atoms with E-state index in [1.165, 1.54) is 0 Å². The van der Waals surface area contributed by atoms with Gasteiger partial charge >= 0.3 is 0 Å². The van der Waals surface area contributed by atoms with Crippen LogP contribution in [0.3, 0.4) is 0 Å². The van der Waals surface area contributed by atoms with Gasteiger partial charge in [0.2, 0.25) is 0 Å². The monoisotopic (exact) mass is 218 g/mol. The van der Waals surface area contributed by atoms with Gasteiger partial charge in [0.1, 0.15) is 0 Å². The van der Waals surface area contributed by atoms with Crippen LogP contribution in [0.1, 0.15) is 6.42 Å². The zero-order valence-corrected chi connectivity index (χ0v) is 9.17. The molecule has 5 heteroatoms. The maximum Gasteiger partial charge on any atom is 0.151 e. The molecule has 0 bridgehead atoms. The first-order valence-electron chi connectivity index (χ1n) is 4.92. The van der Waals surface area contributed by atoms with Crippen molar-refractivity contribution in [3.63, 3.8) is 0 Å². The van der Waals surface area contributed by atoms with Crippen LogP contribution in [-0.2, 0) is 9.84 Å². The largest absolute Gasteiger partial charge is 0.327 e. The molecule has 0 atom stereocenters. The predicted molar refractivity (Wildman–Crippen MR) is 57.9 cm³/mol. The highest BCUT2D eigenvalue weighted by Gasteiger charge is 2.17. The average Bonchev–Trinajstić information content (AvgIpc) is 2.28. The molecule has 0 radical (unpaired) electrons. The molecule has 0 aliphatic carbocycles. The van der Waals surface area contributed by atoms with Crippen LogP contribution in [0.4, 0.5) is 0 Å². The van der Waals surface area contributed by atoms with Gasteiger partial charge in [-0.25, -0.2) is 8.42 Å². The molecule has 0 saturated carbocycles. The van der Waals surface area contributed by atoms with Crippen LogP contribution in [0, 0.1) is 0 Å². The molecule has 0 aromatic rings. The van der Waals surface area contributed by atoms with E-state index in [-0.39, 0.29) is 0 Å². The lowest BCUT2D eigenvalue weighted by Crippen LogP contribution is -2.27. The lowest BCUT2D eigenvalue weighted by atomic mass is 10.4. The van der Waals surface area contributed by atoms with Crippen molar-refractivity contribution in [2.24, 2.45) is 5.73 Å². The predicted octanol–water partition coefficient (Wildman–Crippen LogP) is -0.378. The minimum Gasteiger partial charge on any atom is -0.327 e. The van der Waals surface area contributed by atoms with Gasteiger partial charge in [-0.15, -0.1) is 0 Å². The summed E-state index contributed by atoms with van der Waals surface area (Å²) in [5.41, 5.74) is 5.32. The van der Waals surface area contributed by atoms with E-state index in [4.69, 9.17) is 5.73 Å². The van der Waals surface area contributed by atoms with E-state index in [0.717, 1.165) is 19.5 Å². The van der Waals surface area contributed by atoms with Crippen molar-refractivity contribution in [2.75, 3.05) is 37.7 Å². The van der Waals surface area contributed by atoms with Gasteiger partial charge in [0, 0.05) is 19.6 Å². The molecule has 2 N–H and O–H groups in total. The molecule has 82 valence electrons. The maximum absolute atomic E-state index is 11.3. The topological polar surface area (TPSA) is 63.4 Å². The Hall–Kier alpha value is -0.390. The summed E-state index contributed by atoms with van der Waals surface area (Å²) in [4.78, 5) is 2.15. The fraction of sp³-hybridized carbons (Fsp3) is 0.778. The van der Waals surface area contributed by atoms with Crippen LogP contribution in [0.5, 0.6) is 0 Å². The van der Waals surface area contributed by atoms with Crippen molar-refractivity contribution in [2.45, 2.75) is 6.42 Å². The van der Waals surface area contributed by atoms with E-state index in [1.54, 1.807) is 0 Å². The lowest BCUT2D eigenvalue weighted by molar-refractivity contribution is 0.327. The Kier molecular flexibility index (Phi) is 4.57. The first kappa shape index (κ1) is 11.7. The summed E-state index contributed by atoms with van der Waals surface area (Å²) >= 11 is 0. The first-order valence-corrected chi connectivity index (χ1v) is 6.74. The Labute approximate surface area is 85.7 Å². The number of hydrogen-bond acceptors (Lipinski definition) is 4. The highest BCUT2D eigenvalue weighted by Crippen LogP contribution is 2.04. The van der Waals surface area contributed by atoms with Gasteiger partial charge in [0.15, 0.2) is 9.84 Å². The van der Waals surface area contributed by atoms with Crippen LogP contribution in [0.25, 0.3) is 0 Å². The van der Waals surface area contributed by atoms with Gasteiger partial charge in [-0.2, -0.15) is 0 Å². The standard InChI is InChI=1S/C9H18N2O2S/c10-4-1-2-5-11-6-3-8-14(12,13)9-7-11/h1-2H,3-10H2/b2-1+. The van der Waals surface area contributed by atoms with Crippen LogP contribution >= 0.6 is 0 Å². The normalized spacial score (nSPS) is 23.8. The summed E-state index contributed by atoms with van der Waals surface area (Å²) in [5.74, 6) is 0.633. The van der Waals surface area contributed by atoms with E-state index in [1.807, 2.05) is 12.2 Å². The van der Waals surface area contributed by atoms with Gasteiger partial charge in [0.05, 0.1) is 11.5 Å². The first-order chi connectivity index (χ1) is 6.64. The van der Waals surface area contributed by atoms with Crippen LogP contribution < -0.4 is 5.73 Å². The van der Waals surface area contributed by atoms with Gasteiger partial charge in [0.25, 0.3) is 0 Å². The van der Waals surface area contributed by atoms with Crippen molar-refractivity contribution >= 4 is 9.84 Å². The summed E-state index contributed by atoms with van der Waals surface area (Å²) in [5, 5.41) is 0. The lowest BCUT2D eigenvalue weighted by Gasteiger charge is -2.16. The minimum atomic E-state index is -2.77. The third-order valence-corrected chi connectivity index (χ3v) is 4.03. The highest BCUT2D eigenvalue weighted by molar-refractivity contribution is 7.91.